The molecule has 2 aromatic carbocycles. The van der Waals surface area contributed by atoms with Crippen LogP contribution in [0.25, 0.3) is 6.08 Å². The van der Waals surface area contributed by atoms with Gasteiger partial charge in [0.05, 0.1) is 19.3 Å². The highest BCUT2D eigenvalue weighted by molar-refractivity contribution is 6.32. The van der Waals surface area contributed by atoms with E-state index in [-0.39, 0.29) is 25.2 Å². The highest BCUT2D eigenvalue weighted by Gasteiger charge is 2.12. The summed E-state index contributed by atoms with van der Waals surface area (Å²) >= 11 is 6.06. The third-order valence-electron chi connectivity index (χ3n) is 3.64. The van der Waals surface area contributed by atoms with Gasteiger partial charge in [0.2, 0.25) is 5.91 Å². The van der Waals surface area contributed by atoms with Crippen LogP contribution in [0.15, 0.2) is 54.6 Å². The molecule has 0 aliphatic heterocycles. The van der Waals surface area contributed by atoms with Gasteiger partial charge in [0.1, 0.15) is 0 Å². The molecule has 1 unspecified atom stereocenters. The average molecular weight is 360 g/mol. The number of rotatable bonds is 8. The molecule has 2 aromatic rings. The topological polar surface area (TPSA) is 58.6 Å². The van der Waals surface area contributed by atoms with Crippen LogP contribution in [0.5, 0.6) is 0 Å². The van der Waals surface area contributed by atoms with Gasteiger partial charge in [-0.3, -0.25) is 4.79 Å². The third kappa shape index (κ3) is 6.35. The van der Waals surface area contributed by atoms with Gasteiger partial charge in [0.25, 0.3) is 0 Å². The second kappa shape index (κ2) is 9.99. The van der Waals surface area contributed by atoms with E-state index in [0.717, 1.165) is 16.7 Å². The number of aliphatic hydroxyl groups excluding tert-OH is 1. The maximum absolute atomic E-state index is 12.0. The van der Waals surface area contributed by atoms with E-state index in [2.05, 4.69) is 5.32 Å². The van der Waals surface area contributed by atoms with Crippen molar-refractivity contribution in [3.8, 4) is 0 Å². The first kappa shape index (κ1) is 19.2. The lowest BCUT2D eigenvalue weighted by molar-refractivity contribution is -0.117. The first-order chi connectivity index (χ1) is 12.1. The van der Waals surface area contributed by atoms with E-state index in [0.29, 0.717) is 11.6 Å². The van der Waals surface area contributed by atoms with Gasteiger partial charge >= 0.3 is 0 Å². The summed E-state index contributed by atoms with van der Waals surface area (Å²) in [6, 6.07) is 15.2. The van der Waals surface area contributed by atoms with Crippen molar-refractivity contribution in [3.63, 3.8) is 0 Å². The molecule has 132 valence electrons. The number of nitrogens with one attached hydrogen (secondary N) is 1. The highest BCUT2D eigenvalue weighted by Crippen LogP contribution is 2.18. The van der Waals surface area contributed by atoms with E-state index in [1.165, 1.54) is 6.08 Å². The standard InChI is InChI=1S/C20H22ClNO3/c1-15-6-8-17(9-7-15)19(25-13-12-23)14-22-20(24)11-10-16-4-2-3-5-18(16)21/h2-11,19,23H,12-14H2,1H3,(H,22,24)/b11-10+. The fourth-order valence-corrected chi connectivity index (χ4v) is 2.48. The molecule has 0 saturated heterocycles. The Morgan fingerprint density at radius 1 is 1.24 bits per heavy atom. The van der Waals surface area contributed by atoms with Crippen molar-refractivity contribution < 1.29 is 14.6 Å². The van der Waals surface area contributed by atoms with Crippen LogP contribution in [0.2, 0.25) is 5.02 Å². The predicted octanol–water partition coefficient (Wildman–Crippen LogP) is 3.53. The summed E-state index contributed by atoms with van der Waals surface area (Å²) in [6.07, 6.45) is 2.80. The monoisotopic (exact) mass is 359 g/mol. The van der Waals surface area contributed by atoms with Crippen LogP contribution in [0.3, 0.4) is 0 Å². The fourth-order valence-electron chi connectivity index (χ4n) is 2.28. The van der Waals surface area contributed by atoms with Gasteiger partial charge in [0.15, 0.2) is 0 Å². The average Bonchev–Trinajstić information content (AvgIpc) is 2.62. The first-order valence-electron chi connectivity index (χ1n) is 8.09. The zero-order valence-electron chi connectivity index (χ0n) is 14.1. The molecule has 0 saturated carbocycles. The molecule has 0 radical (unpaired) electrons. The van der Waals surface area contributed by atoms with Crippen molar-refractivity contribution in [3.05, 3.63) is 76.3 Å². The van der Waals surface area contributed by atoms with Crippen LogP contribution in [-0.2, 0) is 9.53 Å². The van der Waals surface area contributed by atoms with Crippen molar-refractivity contribution in [1.29, 1.82) is 0 Å². The van der Waals surface area contributed by atoms with E-state index >= 15 is 0 Å². The number of aryl methyl sites for hydroxylation is 1. The molecule has 0 bridgehead atoms. The molecule has 0 fully saturated rings. The number of halogens is 1. The van der Waals surface area contributed by atoms with Gasteiger partial charge in [-0.25, -0.2) is 0 Å². The third-order valence-corrected chi connectivity index (χ3v) is 3.98. The number of hydrogen-bond acceptors (Lipinski definition) is 3. The molecule has 1 atom stereocenters. The minimum absolute atomic E-state index is 0.0667. The SMILES string of the molecule is Cc1ccc(C(CNC(=O)/C=C/c2ccccc2Cl)OCCO)cc1. The van der Waals surface area contributed by atoms with E-state index in [4.69, 9.17) is 21.4 Å². The summed E-state index contributed by atoms with van der Waals surface area (Å²) in [6.45, 7) is 2.47. The Morgan fingerprint density at radius 2 is 1.96 bits per heavy atom. The van der Waals surface area contributed by atoms with E-state index in [1.54, 1.807) is 12.1 Å². The van der Waals surface area contributed by atoms with Crippen molar-refractivity contribution in [2.75, 3.05) is 19.8 Å². The predicted molar refractivity (Wildman–Crippen MR) is 100 cm³/mol. The van der Waals surface area contributed by atoms with E-state index in [1.807, 2.05) is 49.4 Å². The molecular weight excluding hydrogens is 338 g/mol. The first-order valence-corrected chi connectivity index (χ1v) is 8.47. The second-order valence-corrected chi connectivity index (χ2v) is 6.00. The van der Waals surface area contributed by atoms with Gasteiger partial charge in [-0.2, -0.15) is 0 Å². The lowest BCUT2D eigenvalue weighted by Crippen LogP contribution is -2.28. The van der Waals surface area contributed by atoms with Crippen LogP contribution < -0.4 is 5.32 Å². The molecule has 4 nitrogen and oxygen atoms in total. The van der Waals surface area contributed by atoms with Gasteiger partial charge in [-0.1, -0.05) is 59.6 Å². The highest BCUT2D eigenvalue weighted by atomic mass is 35.5. The minimum atomic E-state index is -0.314. The maximum atomic E-state index is 12.0. The summed E-state index contributed by atoms with van der Waals surface area (Å²) in [4.78, 5) is 12.0. The summed E-state index contributed by atoms with van der Waals surface area (Å²) in [5.41, 5.74) is 2.89. The molecule has 2 N–H and O–H groups in total. The quantitative estimate of drug-likeness (QED) is 0.709. The van der Waals surface area contributed by atoms with Gasteiger partial charge in [0, 0.05) is 17.6 Å². The Hall–Kier alpha value is -2.14. The van der Waals surface area contributed by atoms with Crippen molar-refractivity contribution in [2.45, 2.75) is 13.0 Å². The summed E-state index contributed by atoms with van der Waals surface area (Å²) in [7, 11) is 0. The summed E-state index contributed by atoms with van der Waals surface area (Å²) in [5.74, 6) is -0.232. The second-order valence-electron chi connectivity index (χ2n) is 5.59. The number of benzene rings is 2. The van der Waals surface area contributed by atoms with E-state index < -0.39 is 0 Å². The number of carbonyl (C=O) groups excluding carboxylic acids is 1. The minimum Gasteiger partial charge on any atom is -0.394 e. The molecule has 1 amide bonds. The van der Waals surface area contributed by atoms with Crippen molar-refractivity contribution >= 4 is 23.6 Å². The molecule has 0 aliphatic carbocycles. The Balaban J connectivity index is 1.96. The molecule has 0 heterocycles. The van der Waals surface area contributed by atoms with Gasteiger partial charge < -0.3 is 15.2 Å². The van der Waals surface area contributed by atoms with Gasteiger partial charge in [-0.05, 0) is 30.2 Å². The number of carbonyl (C=O) groups is 1. The zero-order chi connectivity index (χ0) is 18.1. The molecule has 0 aliphatic rings. The van der Waals surface area contributed by atoms with Gasteiger partial charge in [-0.15, -0.1) is 0 Å². The van der Waals surface area contributed by atoms with Crippen molar-refractivity contribution in [1.82, 2.24) is 5.32 Å². The Labute approximate surface area is 153 Å². The van der Waals surface area contributed by atoms with Crippen LogP contribution in [-0.4, -0.2) is 30.8 Å². The Kier molecular flexibility index (Phi) is 7.67. The molecule has 2 rings (SSSR count). The molecule has 0 spiro atoms. The van der Waals surface area contributed by atoms with Crippen LogP contribution in [0, 0.1) is 6.92 Å². The largest absolute Gasteiger partial charge is 0.394 e. The number of hydrogen-bond donors (Lipinski definition) is 2. The molecular formula is C20H22ClNO3. The molecule has 5 heteroatoms. The van der Waals surface area contributed by atoms with Crippen molar-refractivity contribution in [2.24, 2.45) is 0 Å². The smallest absolute Gasteiger partial charge is 0.244 e. The van der Waals surface area contributed by atoms with Crippen LogP contribution >= 0.6 is 11.6 Å². The molecule has 25 heavy (non-hydrogen) atoms. The number of aliphatic hydroxyl groups is 1. The normalized spacial score (nSPS) is 12.3. The Bertz CT molecular complexity index is 713. The lowest BCUT2D eigenvalue weighted by atomic mass is 10.1. The van der Waals surface area contributed by atoms with Crippen LogP contribution in [0.4, 0.5) is 0 Å². The fraction of sp³-hybridized carbons (Fsp3) is 0.250. The number of ether oxygens (including phenoxy) is 1. The lowest BCUT2D eigenvalue weighted by Gasteiger charge is -2.18. The zero-order valence-corrected chi connectivity index (χ0v) is 14.9. The maximum Gasteiger partial charge on any atom is 0.244 e. The molecule has 0 aromatic heterocycles. The van der Waals surface area contributed by atoms with Crippen LogP contribution in [0.1, 0.15) is 22.8 Å². The number of amides is 1. The summed E-state index contributed by atoms with van der Waals surface area (Å²) in [5, 5.41) is 12.4. The summed E-state index contributed by atoms with van der Waals surface area (Å²) < 4.78 is 5.64. The Morgan fingerprint density at radius 3 is 2.64 bits per heavy atom. The van der Waals surface area contributed by atoms with E-state index in [9.17, 15) is 4.79 Å².